The molecule has 0 aromatic rings. The molecule has 0 rings (SSSR count). The molecule has 0 aliphatic rings. The van der Waals surface area contributed by atoms with Gasteiger partial charge in [-0.15, -0.1) is 0 Å². The average Bonchev–Trinajstić information content (AvgIpc) is 2.34. The Bertz CT molecular complexity index is 219. The van der Waals surface area contributed by atoms with Crippen LogP contribution in [-0.4, -0.2) is 17.5 Å². The van der Waals surface area contributed by atoms with Gasteiger partial charge in [-0.2, -0.15) is 0 Å². The molecule has 0 fully saturated rings. The quantitative estimate of drug-likeness (QED) is 0.257. The number of carbonyl (C=O) groups excluding carboxylic acids is 1. The maximum Gasteiger partial charge on any atom is 0.142 e. The number of unbranched alkanes of at least 4 members (excludes halogenated alkanes) is 6. The number of hydrogen-bond acceptors (Lipinski definition) is 2. The second-order valence-electron chi connectivity index (χ2n) is 4.35. The van der Waals surface area contributed by atoms with Crippen LogP contribution in [0.5, 0.6) is 0 Å². The second-order valence-corrected chi connectivity index (χ2v) is 4.35. The van der Waals surface area contributed by atoms with E-state index < -0.39 is 6.10 Å². The van der Waals surface area contributed by atoms with Crippen molar-refractivity contribution in [3.63, 3.8) is 0 Å². The molecule has 0 amide bonds. The van der Waals surface area contributed by atoms with Crippen molar-refractivity contribution in [2.45, 2.75) is 64.4 Å². The van der Waals surface area contributed by atoms with Crippen LogP contribution in [0.15, 0.2) is 24.3 Å². The van der Waals surface area contributed by atoms with Crippen molar-refractivity contribution in [3.8, 4) is 0 Å². The van der Waals surface area contributed by atoms with Crippen LogP contribution in [0.25, 0.3) is 0 Å². The first kappa shape index (κ1) is 16.1. The lowest BCUT2D eigenvalue weighted by atomic mass is 10.1. The summed E-state index contributed by atoms with van der Waals surface area (Å²) in [7, 11) is 0. The molecule has 0 bridgehead atoms. The van der Waals surface area contributed by atoms with E-state index in [1.807, 2.05) is 6.08 Å². The predicted molar refractivity (Wildman–Crippen MR) is 73.0 cm³/mol. The molecular weight excluding hydrogens is 212 g/mol. The van der Waals surface area contributed by atoms with Crippen LogP contribution in [0.3, 0.4) is 0 Å². The van der Waals surface area contributed by atoms with Crippen LogP contribution >= 0.6 is 0 Å². The van der Waals surface area contributed by atoms with Gasteiger partial charge in [0.1, 0.15) is 6.29 Å². The van der Waals surface area contributed by atoms with Crippen molar-refractivity contribution >= 4 is 6.29 Å². The van der Waals surface area contributed by atoms with Gasteiger partial charge in [0.25, 0.3) is 0 Å². The Morgan fingerprint density at radius 2 is 1.76 bits per heavy atom. The number of aldehydes is 1. The van der Waals surface area contributed by atoms with Crippen LogP contribution < -0.4 is 0 Å². The molecule has 0 spiro atoms. The monoisotopic (exact) mass is 238 g/mol. The lowest BCUT2D eigenvalue weighted by Crippen LogP contribution is -1.99. The molecule has 0 saturated heterocycles. The van der Waals surface area contributed by atoms with E-state index in [0.29, 0.717) is 12.7 Å². The molecule has 98 valence electrons. The Morgan fingerprint density at radius 3 is 2.47 bits per heavy atom. The summed E-state index contributed by atoms with van der Waals surface area (Å²) in [6.07, 6.45) is 16.7. The highest BCUT2D eigenvalue weighted by Gasteiger charge is 1.93. The van der Waals surface area contributed by atoms with Crippen molar-refractivity contribution in [2.75, 3.05) is 0 Å². The third-order valence-corrected chi connectivity index (χ3v) is 2.68. The van der Waals surface area contributed by atoms with Crippen molar-refractivity contribution in [3.05, 3.63) is 24.3 Å². The summed E-state index contributed by atoms with van der Waals surface area (Å²) in [5.41, 5.74) is 0. The Balaban J connectivity index is 3.30. The predicted octanol–water partition coefficient (Wildman–Crippen LogP) is 3.80. The number of rotatable bonds is 11. The summed E-state index contributed by atoms with van der Waals surface area (Å²) in [4.78, 5) is 10.0. The van der Waals surface area contributed by atoms with Gasteiger partial charge in [0.05, 0.1) is 6.10 Å². The molecule has 0 aromatic carbocycles. The van der Waals surface area contributed by atoms with Gasteiger partial charge in [-0.3, -0.25) is 4.79 Å². The molecule has 1 unspecified atom stereocenters. The smallest absolute Gasteiger partial charge is 0.142 e. The first-order valence-corrected chi connectivity index (χ1v) is 6.76. The molecule has 0 aliphatic heterocycles. The fraction of sp³-hybridized carbons (Fsp3) is 0.667. The van der Waals surface area contributed by atoms with Gasteiger partial charge in [-0.05, 0) is 25.3 Å². The summed E-state index contributed by atoms with van der Waals surface area (Å²) in [5, 5.41) is 9.38. The zero-order valence-corrected chi connectivity index (χ0v) is 11.0. The van der Waals surface area contributed by atoms with E-state index in [1.54, 1.807) is 0 Å². The standard InChI is InChI=1S/C15H26O2/c1-2-3-4-5-6-7-8-9-10-12-15(17)13-11-14-16/h9-11,13-15,17H,2-8,12H2,1H3/b10-9+,13-11+. The van der Waals surface area contributed by atoms with Gasteiger partial charge in [0.2, 0.25) is 0 Å². The third-order valence-electron chi connectivity index (χ3n) is 2.68. The van der Waals surface area contributed by atoms with Gasteiger partial charge in [-0.1, -0.05) is 57.3 Å². The Morgan fingerprint density at radius 1 is 1.06 bits per heavy atom. The van der Waals surface area contributed by atoms with Gasteiger partial charge in [0.15, 0.2) is 0 Å². The Kier molecular flexibility index (Phi) is 12.5. The minimum Gasteiger partial charge on any atom is -0.389 e. The highest BCUT2D eigenvalue weighted by atomic mass is 16.3. The fourth-order valence-corrected chi connectivity index (χ4v) is 1.65. The highest BCUT2D eigenvalue weighted by Crippen LogP contribution is 2.07. The average molecular weight is 238 g/mol. The largest absolute Gasteiger partial charge is 0.389 e. The van der Waals surface area contributed by atoms with Crippen LogP contribution in [0.4, 0.5) is 0 Å². The van der Waals surface area contributed by atoms with E-state index >= 15 is 0 Å². The molecule has 2 nitrogen and oxygen atoms in total. The van der Waals surface area contributed by atoms with E-state index in [-0.39, 0.29) is 0 Å². The molecular formula is C15H26O2. The molecule has 2 heteroatoms. The Hall–Kier alpha value is -0.890. The maximum absolute atomic E-state index is 10.0. The molecule has 0 saturated carbocycles. The number of aliphatic hydroxyl groups is 1. The van der Waals surface area contributed by atoms with E-state index in [9.17, 15) is 9.90 Å². The number of hydrogen-bond donors (Lipinski definition) is 1. The molecule has 17 heavy (non-hydrogen) atoms. The maximum atomic E-state index is 10.0. The Labute approximate surface area is 105 Å². The molecule has 0 radical (unpaired) electrons. The van der Waals surface area contributed by atoms with Gasteiger partial charge < -0.3 is 5.11 Å². The normalized spacial score (nSPS) is 13.5. The van der Waals surface area contributed by atoms with Gasteiger partial charge >= 0.3 is 0 Å². The van der Waals surface area contributed by atoms with Gasteiger partial charge in [-0.25, -0.2) is 0 Å². The van der Waals surface area contributed by atoms with Crippen molar-refractivity contribution in [1.82, 2.24) is 0 Å². The first-order chi connectivity index (χ1) is 8.31. The minimum atomic E-state index is -0.527. The zero-order chi connectivity index (χ0) is 12.8. The number of aliphatic hydroxyl groups excluding tert-OH is 1. The summed E-state index contributed by atoms with van der Waals surface area (Å²) in [6, 6.07) is 0. The van der Waals surface area contributed by atoms with E-state index in [4.69, 9.17) is 0 Å². The minimum absolute atomic E-state index is 0.527. The highest BCUT2D eigenvalue weighted by molar-refractivity contribution is 5.64. The van der Waals surface area contributed by atoms with Crippen LogP contribution in [-0.2, 0) is 4.79 Å². The lowest BCUT2D eigenvalue weighted by molar-refractivity contribution is -0.104. The van der Waals surface area contributed by atoms with E-state index in [0.717, 1.165) is 6.42 Å². The molecule has 0 heterocycles. The summed E-state index contributed by atoms with van der Waals surface area (Å²) >= 11 is 0. The van der Waals surface area contributed by atoms with Crippen molar-refractivity contribution in [1.29, 1.82) is 0 Å². The SMILES string of the molecule is CCCCCCCC/C=C/CC(O)/C=C/C=O. The fourth-order valence-electron chi connectivity index (χ4n) is 1.65. The first-order valence-electron chi connectivity index (χ1n) is 6.76. The topological polar surface area (TPSA) is 37.3 Å². The summed E-state index contributed by atoms with van der Waals surface area (Å²) in [5.74, 6) is 0. The van der Waals surface area contributed by atoms with E-state index in [2.05, 4.69) is 13.0 Å². The lowest BCUT2D eigenvalue weighted by Gasteiger charge is -2.00. The zero-order valence-electron chi connectivity index (χ0n) is 11.0. The van der Waals surface area contributed by atoms with Gasteiger partial charge in [0, 0.05) is 0 Å². The molecule has 1 atom stereocenters. The number of allylic oxidation sites excluding steroid dienone is 2. The summed E-state index contributed by atoms with van der Waals surface area (Å²) < 4.78 is 0. The number of carbonyl (C=O) groups is 1. The van der Waals surface area contributed by atoms with Crippen LogP contribution in [0.1, 0.15) is 58.3 Å². The molecule has 1 N–H and O–H groups in total. The van der Waals surface area contributed by atoms with Crippen LogP contribution in [0, 0.1) is 0 Å². The second kappa shape index (κ2) is 13.2. The van der Waals surface area contributed by atoms with Crippen molar-refractivity contribution < 1.29 is 9.90 Å². The molecule has 0 aromatic heterocycles. The molecule has 0 aliphatic carbocycles. The third kappa shape index (κ3) is 13.0. The van der Waals surface area contributed by atoms with Crippen molar-refractivity contribution in [2.24, 2.45) is 0 Å². The van der Waals surface area contributed by atoms with E-state index in [1.165, 1.54) is 50.7 Å². The van der Waals surface area contributed by atoms with Crippen LogP contribution in [0.2, 0.25) is 0 Å². The summed E-state index contributed by atoms with van der Waals surface area (Å²) in [6.45, 7) is 2.23.